The van der Waals surface area contributed by atoms with Crippen LogP contribution in [0.4, 0.5) is 43.9 Å². The van der Waals surface area contributed by atoms with Gasteiger partial charge in [0.1, 0.15) is 28.8 Å². The van der Waals surface area contributed by atoms with Crippen molar-refractivity contribution in [2.24, 2.45) is 17.8 Å². The van der Waals surface area contributed by atoms with Gasteiger partial charge in [-0.3, -0.25) is 0 Å². The van der Waals surface area contributed by atoms with Crippen molar-refractivity contribution in [1.29, 1.82) is 0 Å². The van der Waals surface area contributed by atoms with Crippen LogP contribution in [0.25, 0.3) is 11.1 Å². The first kappa shape index (κ1) is 36.8. The molecule has 0 radical (unpaired) electrons. The third kappa shape index (κ3) is 9.03. The molecule has 3 aromatic rings. The molecule has 0 atom stereocenters. The average Bonchev–Trinajstić information content (AvgIpc) is 3.02. The van der Waals surface area contributed by atoms with Crippen LogP contribution in [-0.4, -0.2) is 6.36 Å². The third-order valence-corrected chi connectivity index (χ3v) is 10.1. The Morgan fingerprint density at radius 3 is 1.73 bits per heavy atom. The normalized spacial score (nSPS) is 21.9. The quantitative estimate of drug-likeness (QED) is 0.146. The van der Waals surface area contributed by atoms with Gasteiger partial charge in [-0.15, -0.1) is 13.2 Å². The van der Waals surface area contributed by atoms with E-state index in [9.17, 15) is 26.3 Å². The maximum absolute atomic E-state index is 15.1. The number of benzene rings is 3. The van der Waals surface area contributed by atoms with Crippen LogP contribution in [0.15, 0.2) is 42.5 Å². The largest absolute Gasteiger partial charge is 0.573 e. The fraction of sp³-hybridized carbons (Fsp3) is 0.514. The van der Waals surface area contributed by atoms with Crippen LogP contribution in [0.2, 0.25) is 0 Å². The van der Waals surface area contributed by atoms with Crippen LogP contribution < -0.4 is 9.47 Å². The molecule has 0 aliphatic heterocycles. The Morgan fingerprint density at radius 2 is 1.20 bits per heavy atom. The highest BCUT2D eigenvalue weighted by molar-refractivity contribution is 5.66. The Labute approximate surface area is 278 Å². The van der Waals surface area contributed by atoms with Gasteiger partial charge in [0.15, 0.2) is 11.6 Å². The summed E-state index contributed by atoms with van der Waals surface area (Å²) in [7, 11) is 0. The summed E-state index contributed by atoms with van der Waals surface area (Å²) in [5, 5.41) is 0. The van der Waals surface area contributed by atoms with Crippen molar-refractivity contribution in [3.63, 3.8) is 0 Å². The van der Waals surface area contributed by atoms with Gasteiger partial charge in [0, 0.05) is 11.6 Å². The van der Waals surface area contributed by atoms with Crippen LogP contribution in [0.1, 0.15) is 101 Å². The summed E-state index contributed by atoms with van der Waals surface area (Å²) in [6, 6.07) is 4.41. The van der Waals surface area contributed by atoms with Crippen LogP contribution in [0.5, 0.6) is 11.5 Å². The molecule has 268 valence electrons. The maximum Gasteiger partial charge on any atom is 0.573 e. The van der Waals surface area contributed by atoms with E-state index in [0.717, 1.165) is 43.0 Å². The molecule has 0 bridgehead atoms. The summed E-state index contributed by atoms with van der Waals surface area (Å²) in [5.74, 6) is -8.81. The SMILES string of the molecule is CCCCCC1CCC(C2CCC(c3cc(F)c(C(F)(F)Oc4ccc(-c5cc(F)c(OC(F)(F)F)c(F)c5)c(F)c4)c(F)c3)CC2)CC1. The number of hydrogen-bond acceptors (Lipinski definition) is 2. The summed E-state index contributed by atoms with van der Waals surface area (Å²) in [4.78, 5) is 0. The van der Waals surface area contributed by atoms with E-state index in [1.807, 2.05) is 0 Å². The molecular formula is C37H38F10O2. The molecule has 0 saturated heterocycles. The molecule has 2 fully saturated rings. The van der Waals surface area contributed by atoms with Gasteiger partial charge in [-0.05, 0) is 110 Å². The molecule has 2 nitrogen and oxygen atoms in total. The van der Waals surface area contributed by atoms with Gasteiger partial charge in [0.2, 0.25) is 5.75 Å². The van der Waals surface area contributed by atoms with Crippen molar-refractivity contribution >= 4 is 0 Å². The predicted octanol–water partition coefficient (Wildman–Crippen LogP) is 12.7. The summed E-state index contributed by atoms with van der Waals surface area (Å²) in [6.07, 6.45) is 3.21. The van der Waals surface area contributed by atoms with E-state index < -0.39 is 69.7 Å². The van der Waals surface area contributed by atoms with E-state index in [0.29, 0.717) is 42.9 Å². The van der Waals surface area contributed by atoms with Crippen LogP contribution in [0.3, 0.4) is 0 Å². The Morgan fingerprint density at radius 1 is 0.633 bits per heavy atom. The molecule has 12 heteroatoms. The van der Waals surface area contributed by atoms with Gasteiger partial charge in [-0.25, -0.2) is 22.0 Å². The predicted molar refractivity (Wildman–Crippen MR) is 164 cm³/mol. The molecular weight excluding hydrogens is 666 g/mol. The van der Waals surface area contributed by atoms with Gasteiger partial charge in [0.05, 0.1) is 0 Å². The molecule has 0 unspecified atom stereocenters. The van der Waals surface area contributed by atoms with Crippen molar-refractivity contribution in [2.75, 3.05) is 0 Å². The Balaban J connectivity index is 1.22. The lowest BCUT2D eigenvalue weighted by molar-refractivity contribution is -0.276. The lowest BCUT2D eigenvalue weighted by atomic mass is 9.68. The lowest BCUT2D eigenvalue weighted by Crippen LogP contribution is -2.27. The zero-order valence-corrected chi connectivity index (χ0v) is 26.9. The lowest BCUT2D eigenvalue weighted by Gasteiger charge is -2.38. The molecule has 0 spiro atoms. The number of ether oxygens (including phenoxy) is 2. The number of halogens is 10. The fourth-order valence-corrected chi connectivity index (χ4v) is 7.58. The van der Waals surface area contributed by atoms with Gasteiger partial charge < -0.3 is 9.47 Å². The zero-order valence-electron chi connectivity index (χ0n) is 26.9. The maximum atomic E-state index is 15.1. The fourth-order valence-electron chi connectivity index (χ4n) is 7.58. The highest BCUT2D eigenvalue weighted by atomic mass is 19.4. The molecule has 2 saturated carbocycles. The highest BCUT2D eigenvalue weighted by Crippen LogP contribution is 2.46. The van der Waals surface area contributed by atoms with Crippen LogP contribution >= 0.6 is 0 Å². The van der Waals surface area contributed by atoms with E-state index in [-0.39, 0.29) is 11.5 Å². The van der Waals surface area contributed by atoms with Gasteiger partial charge in [0.25, 0.3) is 0 Å². The first-order valence-corrected chi connectivity index (χ1v) is 16.8. The van der Waals surface area contributed by atoms with Crippen molar-refractivity contribution in [3.05, 3.63) is 82.7 Å². The topological polar surface area (TPSA) is 18.5 Å². The minimum absolute atomic E-state index is 0.181. The standard InChI is InChI=1S/C37H38F10O2/c1-2-3-4-5-21-6-8-22(9-7-21)23-10-12-24(13-11-23)25-16-30(39)34(31(40)17-25)36(43,44)48-27-14-15-28(29(38)20-27)26-18-32(41)35(33(42)19-26)49-37(45,46)47/h14-24H,2-13H2,1H3. The molecule has 49 heavy (non-hydrogen) atoms. The summed E-state index contributed by atoms with van der Waals surface area (Å²) in [6.45, 7) is 2.20. The monoisotopic (exact) mass is 704 g/mol. The van der Waals surface area contributed by atoms with Crippen molar-refractivity contribution < 1.29 is 53.4 Å². The Hall–Kier alpha value is -3.44. The summed E-state index contributed by atoms with van der Waals surface area (Å²) >= 11 is 0. The zero-order chi connectivity index (χ0) is 35.5. The molecule has 3 aromatic carbocycles. The van der Waals surface area contributed by atoms with E-state index in [1.54, 1.807) is 0 Å². The first-order valence-electron chi connectivity index (χ1n) is 16.8. The average molecular weight is 705 g/mol. The Kier molecular flexibility index (Phi) is 11.4. The summed E-state index contributed by atoms with van der Waals surface area (Å²) in [5.41, 5.74) is -2.53. The minimum atomic E-state index is -5.40. The van der Waals surface area contributed by atoms with Gasteiger partial charge >= 0.3 is 12.5 Å². The van der Waals surface area contributed by atoms with Crippen LogP contribution in [0, 0.1) is 46.8 Å². The minimum Gasteiger partial charge on any atom is -0.429 e. The second-order valence-electron chi connectivity index (χ2n) is 13.3. The smallest absolute Gasteiger partial charge is 0.429 e. The van der Waals surface area contributed by atoms with E-state index in [1.165, 1.54) is 51.4 Å². The highest BCUT2D eigenvalue weighted by Gasteiger charge is 2.42. The molecule has 0 N–H and O–H groups in total. The third-order valence-electron chi connectivity index (χ3n) is 10.1. The van der Waals surface area contributed by atoms with E-state index >= 15 is 17.6 Å². The number of rotatable bonds is 11. The van der Waals surface area contributed by atoms with Crippen LogP contribution in [-0.2, 0) is 6.11 Å². The second kappa shape index (κ2) is 15.2. The number of unbranched alkanes of at least 4 members (excludes halogenated alkanes) is 2. The van der Waals surface area contributed by atoms with Crippen molar-refractivity contribution in [3.8, 4) is 22.6 Å². The van der Waals surface area contributed by atoms with Gasteiger partial charge in [-0.1, -0.05) is 45.4 Å². The summed E-state index contributed by atoms with van der Waals surface area (Å²) < 4.78 is 149. The van der Waals surface area contributed by atoms with E-state index in [2.05, 4.69) is 16.4 Å². The molecule has 2 aliphatic rings. The second-order valence-corrected chi connectivity index (χ2v) is 13.3. The molecule has 5 rings (SSSR count). The first-order chi connectivity index (χ1) is 23.1. The van der Waals surface area contributed by atoms with Gasteiger partial charge in [-0.2, -0.15) is 8.78 Å². The molecule has 2 aliphatic carbocycles. The number of hydrogen-bond donors (Lipinski definition) is 0. The van der Waals surface area contributed by atoms with Crippen molar-refractivity contribution in [1.82, 2.24) is 0 Å². The Bertz CT molecular complexity index is 1540. The molecule has 0 aromatic heterocycles. The van der Waals surface area contributed by atoms with E-state index in [4.69, 9.17) is 0 Å². The molecule has 0 amide bonds. The molecule has 0 heterocycles. The van der Waals surface area contributed by atoms with Crippen molar-refractivity contribution in [2.45, 2.75) is 102 Å². The number of alkyl halides is 5.